The van der Waals surface area contributed by atoms with E-state index in [-0.39, 0.29) is 6.04 Å². The maximum Gasteiger partial charge on any atom is 0.0421 e. The van der Waals surface area contributed by atoms with Gasteiger partial charge in [0.05, 0.1) is 0 Å². The fourth-order valence-electron chi connectivity index (χ4n) is 2.69. The summed E-state index contributed by atoms with van der Waals surface area (Å²) in [6.07, 6.45) is 2.31. The average molecular weight is 269 g/mol. The van der Waals surface area contributed by atoms with Crippen LogP contribution in [-0.4, -0.2) is 5.25 Å². The molecule has 0 bridgehead atoms. The van der Waals surface area contributed by atoms with E-state index in [1.165, 1.54) is 21.6 Å². The fraction of sp³-hybridized carbons (Fsp3) is 0.294. The highest BCUT2D eigenvalue weighted by Crippen LogP contribution is 2.38. The lowest BCUT2D eigenvalue weighted by Crippen LogP contribution is -2.29. The average Bonchev–Trinajstić information content (AvgIpc) is 2.45. The molecule has 3 rings (SSSR count). The van der Waals surface area contributed by atoms with Gasteiger partial charge in [0.2, 0.25) is 0 Å². The van der Waals surface area contributed by atoms with Crippen molar-refractivity contribution in [2.45, 2.75) is 36.0 Å². The quantitative estimate of drug-likeness (QED) is 0.888. The number of nitrogens with two attached hydrogens (primary N) is 1. The van der Waals surface area contributed by atoms with E-state index in [0.717, 1.165) is 12.8 Å². The van der Waals surface area contributed by atoms with Crippen LogP contribution in [0.5, 0.6) is 0 Å². The van der Waals surface area contributed by atoms with Crippen LogP contribution in [0.2, 0.25) is 0 Å². The summed E-state index contributed by atoms with van der Waals surface area (Å²) in [7, 11) is 0. The van der Waals surface area contributed by atoms with E-state index >= 15 is 0 Å². The first-order chi connectivity index (χ1) is 9.24. The Bertz CT molecular complexity index is 562. The highest BCUT2D eigenvalue weighted by molar-refractivity contribution is 8.00. The summed E-state index contributed by atoms with van der Waals surface area (Å²) >= 11 is 1.92. The van der Waals surface area contributed by atoms with Crippen LogP contribution in [0.4, 0.5) is 0 Å². The van der Waals surface area contributed by atoms with Gasteiger partial charge in [-0.25, -0.2) is 0 Å². The number of thioether (sulfide) groups is 1. The molecule has 2 atom stereocenters. The van der Waals surface area contributed by atoms with Gasteiger partial charge in [-0.3, -0.25) is 0 Å². The van der Waals surface area contributed by atoms with Gasteiger partial charge in [0.15, 0.2) is 0 Å². The molecule has 0 spiro atoms. The molecular weight excluding hydrogens is 250 g/mol. The Morgan fingerprint density at radius 1 is 1.05 bits per heavy atom. The van der Waals surface area contributed by atoms with Gasteiger partial charge in [0, 0.05) is 16.2 Å². The van der Waals surface area contributed by atoms with Crippen LogP contribution in [0, 0.1) is 6.92 Å². The number of hydrogen-bond donors (Lipinski definition) is 1. The summed E-state index contributed by atoms with van der Waals surface area (Å²) in [4.78, 5) is 1.32. The van der Waals surface area contributed by atoms with Crippen molar-refractivity contribution in [3.8, 4) is 0 Å². The minimum absolute atomic E-state index is 0.149. The summed E-state index contributed by atoms with van der Waals surface area (Å²) in [5, 5.41) is 0.484. The Labute approximate surface area is 119 Å². The predicted octanol–water partition coefficient (Wildman–Crippen LogP) is 4.10. The van der Waals surface area contributed by atoms with Crippen molar-refractivity contribution in [2.75, 3.05) is 0 Å². The highest BCUT2D eigenvalue weighted by atomic mass is 32.2. The molecule has 0 amide bonds. The van der Waals surface area contributed by atoms with Crippen LogP contribution in [0.15, 0.2) is 53.4 Å². The summed E-state index contributed by atoms with van der Waals surface area (Å²) in [6, 6.07) is 17.5. The minimum Gasteiger partial charge on any atom is -0.323 e. The van der Waals surface area contributed by atoms with E-state index in [1.807, 2.05) is 11.8 Å². The monoisotopic (exact) mass is 269 g/mol. The van der Waals surface area contributed by atoms with Crippen molar-refractivity contribution in [1.29, 1.82) is 0 Å². The molecule has 1 aliphatic rings. The number of rotatable bonds is 2. The second-order valence-corrected chi connectivity index (χ2v) is 6.55. The van der Waals surface area contributed by atoms with E-state index in [1.54, 1.807) is 0 Å². The molecule has 0 radical (unpaired) electrons. The zero-order valence-electron chi connectivity index (χ0n) is 11.2. The standard InChI is InChI=1S/C17H19NS/c1-12-6-9-14(10-7-12)19-16-11-8-13-4-2-3-5-15(13)17(16)18/h2-7,9-10,16-17H,8,11,18H2,1H3. The molecular formula is C17H19NS. The zero-order valence-corrected chi connectivity index (χ0v) is 12.0. The Morgan fingerprint density at radius 2 is 1.79 bits per heavy atom. The first kappa shape index (κ1) is 12.8. The molecule has 1 nitrogen and oxygen atoms in total. The van der Waals surface area contributed by atoms with Crippen LogP contribution in [0.3, 0.4) is 0 Å². The van der Waals surface area contributed by atoms with Crippen molar-refractivity contribution in [1.82, 2.24) is 0 Å². The Kier molecular flexibility index (Phi) is 3.63. The maximum absolute atomic E-state index is 6.45. The molecule has 2 N–H and O–H groups in total. The first-order valence-corrected chi connectivity index (χ1v) is 7.69. The van der Waals surface area contributed by atoms with Crippen LogP contribution in [-0.2, 0) is 6.42 Å². The summed E-state index contributed by atoms with van der Waals surface area (Å²) < 4.78 is 0. The Balaban J connectivity index is 1.79. The van der Waals surface area contributed by atoms with Gasteiger partial charge >= 0.3 is 0 Å². The van der Waals surface area contributed by atoms with Gasteiger partial charge in [-0.2, -0.15) is 0 Å². The lowest BCUT2D eigenvalue weighted by Gasteiger charge is -2.30. The fourth-order valence-corrected chi connectivity index (χ4v) is 3.86. The van der Waals surface area contributed by atoms with E-state index in [2.05, 4.69) is 55.5 Å². The van der Waals surface area contributed by atoms with Crippen LogP contribution >= 0.6 is 11.8 Å². The lowest BCUT2D eigenvalue weighted by atomic mass is 9.88. The molecule has 0 aromatic heterocycles. The molecule has 2 aromatic rings. The third kappa shape index (κ3) is 2.70. The van der Waals surface area contributed by atoms with Gasteiger partial charge in [0.25, 0.3) is 0 Å². The van der Waals surface area contributed by atoms with Crippen molar-refractivity contribution in [2.24, 2.45) is 5.73 Å². The second-order valence-electron chi connectivity index (χ2n) is 5.23. The maximum atomic E-state index is 6.45. The minimum atomic E-state index is 0.149. The third-order valence-corrected chi connectivity index (χ3v) is 5.20. The van der Waals surface area contributed by atoms with E-state index in [9.17, 15) is 0 Å². The summed E-state index contributed by atoms with van der Waals surface area (Å²) in [5.74, 6) is 0. The number of fused-ring (bicyclic) bond motifs is 1. The molecule has 0 aliphatic heterocycles. The van der Waals surface area contributed by atoms with Crippen LogP contribution < -0.4 is 5.73 Å². The molecule has 19 heavy (non-hydrogen) atoms. The molecule has 2 aromatic carbocycles. The van der Waals surface area contributed by atoms with E-state index < -0.39 is 0 Å². The zero-order chi connectivity index (χ0) is 13.2. The second kappa shape index (κ2) is 5.40. The number of aryl methyl sites for hydroxylation is 2. The van der Waals surface area contributed by atoms with Gasteiger partial charge in [-0.1, -0.05) is 42.0 Å². The van der Waals surface area contributed by atoms with Crippen molar-refractivity contribution in [3.63, 3.8) is 0 Å². The Morgan fingerprint density at radius 3 is 2.58 bits per heavy atom. The lowest BCUT2D eigenvalue weighted by molar-refractivity contribution is 0.587. The SMILES string of the molecule is Cc1ccc(SC2CCc3ccccc3C2N)cc1. The van der Waals surface area contributed by atoms with Crippen LogP contribution in [0.1, 0.15) is 29.2 Å². The predicted molar refractivity (Wildman–Crippen MR) is 82.5 cm³/mol. The molecule has 2 heteroatoms. The van der Waals surface area contributed by atoms with Gasteiger partial charge < -0.3 is 5.73 Å². The van der Waals surface area contributed by atoms with E-state index in [4.69, 9.17) is 5.73 Å². The molecule has 98 valence electrons. The highest BCUT2D eigenvalue weighted by Gasteiger charge is 2.26. The van der Waals surface area contributed by atoms with Crippen molar-refractivity contribution in [3.05, 3.63) is 65.2 Å². The smallest absolute Gasteiger partial charge is 0.0421 e. The molecule has 0 saturated heterocycles. The number of hydrogen-bond acceptors (Lipinski definition) is 2. The Hall–Kier alpha value is -1.25. The topological polar surface area (TPSA) is 26.0 Å². The normalized spacial score (nSPS) is 22.0. The van der Waals surface area contributed by atoms with Crippen LogP contribution in [0.25, 0.3) is 0 Å². The molecule has 0 heterocycles. The molecule has 0 saturated carbocycles. The molecule has 2 unspecified atom stereocenters. The molecule has 0 fully saturated rings. The number of benzene rings is 2. The molecule has 1 aliphatic carbocycles. The van der Waals surface area contributed by atoms with Gasteiger partial charge in [-0.05, 0) is 43.0 Å². The summed E-state index contributed by atoms with van der Waals surface area (Å²) in [5.41, 5.74) is 10.5. The first-order valence-electron chi connectivity index (χ1n) is 6.81. The van der Waals surface area contributed by atoms with Gasteiger partial charge in [-0.15, -0.1) is 11.8 Å². The van der Waals surface area contributed by atoms with E-state index in [0.29, 0.717) is 5.25 Å². The van der Waals surface area contributed by atoms with Crippen molar-refractivity contribution < 1.29 is 0 Å². The summed E-state index contributed by atoms with van der Waals surface area (Å²) in [6.45, 7) is 2.12. The largest absolute Gasteiger partial charge is 0.323 e. The van der Waals surface area contributed by atoms with Gasteiger partial charge in [0.1, 0.15) is 0 Å². The van der Waals surface area contributed by atoms with Crippen molar-refractivity contribution >= 4 is 11.8 Å². The third-order valence-electron chi connectivity index (χ3n) is 3.82.